The highest BCUT2D eigenvalue weighted by atomic mass is 127. The highest BCUT2D eigenvalue weighted by molar-refractivity contribution is 14.1. The van der Waals surface area contributed by atoms with Crippen molar-refractivity contribution in [3.63, 3.8) is 0 Å². The third kappa shape index (κ3) is 3.35. The van der Waals surface area contributed by atoms with Crippen molar-refractivity contribution >= 4 is 55.7 Å². The molecular formula is C18H16IN3O2S. The molecule has 2 aromatic heterocycles. The number of carbonyl (C=O) groups is 1. The molecule has 0 radical (unpaired) electrons. The quantitative estimate of drug-likeness (QED) is 0.602. The van der Waals surface area contributed by atoms with Gasteiger partial charge in [-0.2, -0.15) is 0 Å². The summed E-state index contributed by atoms with van der Waals surface area (Å²) < 4.78 is 2.51. The molecule has 0 aliphatic heterocycles. The van der Waals surface area contributed by atoms with Crippen LogP contribution in [-0.4, -0.2) is 15.5 Å². The maximum Gasteiger partial charge on any atom is 0.262 e. The molecule has 4 rings (SSSR count). The van der Waals surface area contributed by atoms with E-state index in [1.807, 2.05) is 24.3 Å². The lowest BCUT2D eigenvalue weighted by Crippen LogP contribution is -2.28. The van der Waals surface area contributed by atoms with Crippen LogP contribution in [0, 0.1) is 3.57 Å². The van der Waals surface area contributed by atoms with Crippen LogP contribution in [0.25, 0.3) is 10.2 Å². The normalized spacial score (nSPS) is 13.6. The van der Waals surface area contributed by atoms with E-state index in [2.05, 4.69) is 32.9 Å². The van der Waals surface area contributed by atoms with Gasteiger partial charge in [-0.1, -0.05) is 0 Å². The standard InChI is InChI=1S/C18H16IN3O2S/c19-11-5-7-12(8-6-11)21-15(23)9-22-10-20-17-16(18(22)24)13-3-1-2-4-14(13)25-17/h5-8,10H,1-4,9H2,(H,21,23). The fourth-order valence-corrected chi connectivity index (χ4v) is 4.76. The number of amides is 1. The van der Waals surface area contributed by atoms with Crippen LogP contribution in [-0.2, 0) is 24.2 Å². The number of anilines is 1. The molecule has 0 spiro atoms. The first-order chi connectivity index (χ1) is 12.1. The summed E-state index contributed by atoms with van der Waals surface area (Å²) in [7, 11) is 0. The number of benzene rings is 1. The highest BCUT2D eigenvalue weighted by Gasteiger charge is 2.20. The molecule has 0 bridgehead atoms. The van der Waals surface area contributed by atoms with Crippen LogP contribution in [0.3, 0.4) is 0 Å². The van der Waals surface area contributed by atoms with E-state index < -0.39 is 0 Å². The maximum atomic E-state index is 12.8. The van der Waals surface area contributed by atoms with Gasteiger partial charge in [-0.15, -0.1) is 11.3 Å². The average Bonchev–Trinajstić information content (AvgIpc) is 2.99. The summed E-state index contributed by atoms with van der Waals surface area (Å²) in [6.45, 7) is -0.0294. The number of aryl methyl sites for hydroxylation is 2. The lowest BCUT2D eigenvalue weighted by Gasteiger charge is -2.10. The van der Waals surface area contributed by atoms with Gasteiger partial charge in [0.25, 0.3) is 5.56 Å². The molecule has 3 aromatic rings. The number of carbonyl (C=O) groups excluding carboxylic acids is 1. The van der Waals surface area contributed by atoms with Crippen LogP contribution < -0.4 is 10.9 Å². The third-order valence-electron chi connectivity index (χ3n) is 4.38. The van der Waals surface area contributed by atoms with E-state index in [0.717, 1.165) is 38.9 Å². The predicted octanol–water partition coefficient (Wildman–Crippen LogP) is 3.58. The molecule has 7 heteroatoms. The Kier molecular flexibility index (Phi) is 4.60. The van der Waals surface area contributed by atoms with Crippen molar-refractivity contribution in [1.29, 1.82) is 0 Å². The summed E-state index contributed by atoms with van der Waals surface area (Å²) in [5, 5.41) is 3.53. The van der Waals surface area contributed by atoms with E-state index in [1.165, 1.54) is 22.2 Å². The third-order valence-corrected chi connectivity index (χ3v) is 6.30. The fraction of sp³-hybridized carbons (Fsp3) is 0.278. The van der Waals surface area contributed by atoms with Crippen LogP contribution in [0.4, 0.5) is 5.69 Å². The molecule has 0 atom stereocenters. The van der Waals surface area contributed by atoms with Crippen LogP contribution in [0.15, 0.2) is 35.4 Å². The maximum absolute atomic E-state index is 12.8. The summed E-state index contributed by atoms with van der Waals surface area (Å²) in [5.74, 6) is -0.228. The largest absolute Gasteiger partial charge is 0.325 e. The number of hydrogen-bond acceptors (Lipinski definition) is 4. The summed E-state index contributed by atoms with van der Waals surface area (Å²) in [6, 6.07) is 7.54. The molecule has 1 N–H and O–H groups in total. The number of hydrogen-bond donors (Lipinski definition) is 1. The summed E-state index contributed by atoms with van der Waals surface area (Å²) >= 11 is 3.83. The fourth-order valence-electron chi connectivity index (χ4n) is 3.18. The Morgan fingerprint density at radius 1 is 1.24 bits per heavy atom. The van der Waals surface area contributed by atoms with Gasteiger partial charge in [0.2, 0.25) is 5.91 Å². The van der Waals surface area contributed by atoms with Gasteiger partial charge >= 0.3 is 0 Å². The SMILES string of the molecule is O=C(Cn1cnc2sc3c(c2c1=O)CCCC3)Nc1ccc(I)cc1. The molecule has 128 valence electrons. The molecule has 5 nitrogen and oxygen atoms in total. The molecule has 0 fully saturated rings. The van der Waals surface area contributed by atoms with Gasteiger partial charge in [-0.3, -0.25) is 14.2 Å². The number of aromatic nitrogens is 2. The Bertz CT molecular complexity index is 1010. The van der Waals surface area contributed by atoms with Crippen LogP contribution in [0.5, 0.6) is 0 Å². The Morgan fingerprint density at radius 3 is 2.80 bits per heavy atom. The predicted molar refractivity (Wildman–Crippen MR) is 108 cm³/mol. The zero-order chi connectivity index (χ0) is 17.4. The molecule has 1 aromatic carbocycles. The summed E-state index contributed by atoms with van der Waals surface area (Å²) in [4.78, 5) is 31.6. The van der Waals surface area contributed by atoms with Crippen molar-refractivity contribution in [2.75, 3.05) is 5.32 Å². The lowest BCUT2D eigenvalue weighted by molar-refractivity contribution is -0.116. The number of halogens is 1. The minimum Gasteiger partial charge on any atom is -0.325 e. The van der Waals surface area contributed by atoms with Gasteiger partial charge in [0, 0.05) is 14.1 Å². The van der Waals surface area contributed by atoms with Gasteiger partial charge in [0.1, 0.15) is 11.4 Å². The summed E-state index contributed by atoms with van der Waals surface area (Å²) in [6.07, 6.45) is 5.74. The first kappa shape index (κ1) is 16.7. The van der Waals surface area contributed by atoms with Crippen molar-refractivity contribution in [3.05, 3.63) is 55.0 Å². The molecule has 0 unspecified atom stereocenters. The highest BCUT2D eigenvalue weighted by Crippen LogP contribution is 2.33. The van der Waals surface area contributed by atoms with E-state index in [4.69, 9.17) is 0 Å². The van der Waals surface area contributed by atoms with Crippen LogP contribution in [0.2, 0.25) is 0 Å². The Morgan fingerprint density at radius 2 is 2.00 bits per heavy atom. The van der Waals surface area contributed by atoms with Crippen molar-refractivity contribution in [3.8, 4) is 0 Å². The topological polar surface area (TPSA) is 64.0 Å². The van der Waals surface area contributed by atoms with Gasteiger partial charge in [0.15, 0.2) is 0 Å². The summed E-state index contributed by atoms with van der Waals surface area (Å²) in [5.41, 5.74) is 1.76. The number of nitrogens with zero attached hydrogens (tertiary/aromatic N) is 2. The van der Waals surface area contributed by atoms with Crippen molar-refractivity contribution < 1.29 is 4.79 Å². The number of rotatable bonds is 3. The first-order valence-corrected chi connectivity index (χ1v) is 10.1. The zero-order valence-electron chi connectivity index (χ0n) is 13.4. The van der Waals surface area contributed by atoms with Crippen LogP contribution in [0.1, 0.15) is 23.3 Å². The smallest absolute Gasteiger partial charge is 0.262 e. The molecule has 25 heavy (non-hydrogen) atoms. The lowest BCUT2D eigenvalue weighted by atomic mass is 9.97. The second-order valence-corrected chi connectivity index (χ2v) is 8.45. The second kappa shape index (κ2) is 6.87. The zero-order valence-corrected chi connectivity index (χ0v) is 16.4. The molecule has 1 amide bonds. The average molecular weight is 465 g/mol. The van der Waals surface area contributed by atoms with Crippen molar-refractivity contribution in [1.82, 2.24) is 9.55 Å². The number of thiophene rings is 1. The molecular weight excluding hydrogens is 449 g/mol. The monoisotopic (exact) mass is 465 g/mol. The minimum absolute atomic E-state index is 0.0294. The Hall–Kier alpha value is -1.74. The minimum atomic E-state index is -0.228. The van der Waals surface area contributed by atoms with Gasteiger partial charge in [-0.25, -0.2) is 4.98 Å². The van der Waals surface area contributed by atoms with Crippen LogP contribution >= 0.6 is 33.9 Å². The first-order valence-electron chi connectivity index (χ1n) is 8.17. The second-order valence-electron chi connectivity index (χ2n) is 6.12. The molecule has 0 saturated heterocycles. The van der Waals surface area contributed by atoms with Gasteiger partial charge < -0.3 is 5.32 Å². The van der Waals surface area contributed by atoms with Gasteiger partial charge in [0.05, 0.1) is 11.7 Å². The number of nitrogens with one attached hydrogen (secondary N) is 1. The van der Waals surface area contributed by atoms with Crippen molar-refractivity contribution in [2.45, 2.75) is 32.2 Å². The van der Waals surface area contributed by atoms with E-state index in [0.29, 0.717) is 5.39 Å². The van der Waals surface area contributed by atoms with Crippen molar-refractivity contribution in [2.24, 2.45) is 0 Å². The Balaban J connectivity index is 1.61. The molecule has 1 aliphatic rings. The van der Waals surface area contributed by atoms with E-state index in [-0.39, 0.29) is 18.0 Å². The van der Waals surface area contributed by atoms with Gasteiger partial charge in [-0.05, 0) is 78.1 Å². The van der Waals surface area contributed by atoms with E-state index in [1.54, 1.807) is 11.3 Å². The van der Waals surface area contributed by atoms with E-state index in [9.17, 15) is 9.59 Å². The molecule has 1 aliphatic carbocycles. The number of fused-ring (bicyclic) bond motifs is 3. The Labute approximate surface area is 162 Å². The van der Waals surface area contributed by atoms with E-state index >= 15 is 0 Å². The molecule has 2 heterocycles. The molecule has 0 saturated carbocycles.